The van der Waals surface area contributed by atoms with Crippen molar-refractivity contribution in [3.63, 3.8) is 0 Å². The van der Waals surface area contributed by atoms with Gasteiger partial charge in [-0.25, -0.2) is 4.79 Å². The number of benzene rings is 3. The number of carbonyl (C=O) groups excluding carboxylic acids is 1. The van der Waals surface area contributed by atoms with Gasteiger partial charge in [0.25, 0.3) is 0 Å². The fraction of sp³-hybridized carbons (Fsp3) is 0.314. The summed E-state index contributed by atoms with van der Waals surface area (Å²) in [5.74, 6) is 1.01. The van der Waals surface area contributed by atoms with Crippen molar-refractivity contribution in [2.24, 2.45) is 0 Å². The molecule has 1 aliphatic rings. The number of aromatic nitrogens is 1. The van der Waals surface area contributed by atoms with Gasteiger partial charge in [-0.2, -0.15) is 4.98 Å². The van der Waals surface area contributed by atoms with Gasteiger partial charge < -0.3 is 24.4 Å². The van der Waals surface area contributed by atoms with Crippen molar-refractivity contribution < 1.29 is 19.0 Å². The van der Waals surface area contributed by atoms with Crippen LogP contribution in [0.4, 0.5) is 10.5 Å². The highest BCUT2D eigenvalue weighted by Gasteiger charge is 2.32. The molecule has 1 fully saturated rings. The van der Waals surface area contributed by atoms with E-state index in [0.29, 0.717) is 38.1 Å². The molecule has 0 aliphatic carbocycles. The minimum Gasteiger partial charge on any atom is -0.473 e. The van der Waals surface area contributed by atoms with Crippen LogP contribution in [-0.4, -0.2) is 40.7 Å². The Morgan fingerprint density at radius 3 is 2.26 bits per heavy atom. The molecule has 42 heavy (non-hydrogen) atoms. The zero-order chi connectivity index (χ0) is 29.4. The van der Waals surface area contributed by atoms with Crippen molar-refractivity contribution in [1.82, 2.24) is 9.88 Å². The molecule has 5 rings (SSSR count). The van der Waals surface area contributed by atoms with Crippen molar-refractivity contribution in [3.05, 3.63) is 108 Å². The molecule has 7 heteroatoms. The number of likely N-dealkylation sites (tertiary alicyclic amines) is 1. The van der Waals surface area contributed by atoms with Gasteiger partial charge in [0, 0.05) is 30.4 Å². The largest absolute Gasteiger partial charge is 0.473 e. The van der Waals surface area contributed by atoms with E-state index in [9.17, 15) is 4.79 Å². The zero-order valence-corrected chi connectivity index (χ0v) is 24.6. The third kappa shape index (κ3) is 8.03. The van der Waals surface area contributed by atoms with Crippen LogP contribution in [0.5, 0.6) is 11.8 Å². The quantitative estimate of drug-likeness (QED) is 0.212. The van der Waals surface area contributed by atoms with E-state index < -0.39 is 5.60 Å². The summed E-state index contributed by atoms with van der Waals surface area (Å²) < 4.78 is 17.9. The van der Waals surface area contributed by atoms with E-state index in [1.165, 1.54) is 0 Å². The van der Waals surface area contributed by atoms with Gasteiger partial charge in [0.15, 0.2) is 0 Å². The molecule has 218 valence electrons. The molecule has 0 saturated carbocycles. The maximum Gasteiger partial charge on any atom is 0.410 e. The third-order valence-corrected chi connectivity index (χ3v) is 7.00. The highest BCUT2D eigenvalue weighted by Crippen LogP contribution is 2.33. The monoisotopic (exact) mass is 565 g/mol. The predicted molar refractivity (Wildman–Crippen MR) is 166 cm³/mol. The van der Waals surface area contributed by atoms with Crippen LogP contribution in [0.1, 0.15) is 44.7 Å². The van der Waals surface area contributed by atoms with Crippen LogP contribution in [0.25, 0.3) is 11.1 Å². The summed E-state index contributed by atoms with van der Waals surface area (Å²) in [5, 5.41) is 3.54. The molecule has 1 saturated heterocycles. The summed E-state index contributed by atoms with van der Waals surface area (Å²) >= 11 is 0. The maximum atomic E-state index is 12.7. The standard InChI is InChI=1S/C35H39N3O4/c1-35(2,3)42-34(39)38-21-11-18-30(38)23-36-29-17-10-16-28(22-29)31-19-20-32(40-24-26-12-6-4-7-13-26)37-33(31)41-25-27-14-8-5-9-15-27/h4-10,12-17,19-20,22,30,36H,11,18,21,23-25H2,1-3H3/t30-/m0/s1. The average Bonchev–Trinajstić information content (AvgIpc) is 3.47. The molecule has 1 aliphatic heterocycles. The normalized spacial score (nSPS) is 14.8. The summed E-state index contributed by atoms with van der Waals surface area (Å²) in [6, 6.07) is 32.2. The first-order chi connectivity index (χ1) is 20.3. The van der Waals surface area contributed by atoms with Crippen molar-refractivity contribution >= 4 is 11.8 Å². The van der Waals surface area contributed by atoms with Crippen LogP contribution in [0.2, 0.25) is 0 Å². The van der Waals surface area contributed by atoms with E-state index in [-0.39, 0.29) is 12.1 Å². The van der Waals surface area contributed by atoms with E-state index in [4.69, 9.17) is 19.2 Å². The van der Waals surface area contributed by atoms with E-state index >= 15 is 0 Å². The molecule has 2 heterocycles. The van der Waals surface area contributed by atoms with Gasteiger partial charge >= 0.3 is 6.09 Å². The first-order valence-electron chi connectivity index (χ1n) is 14.5. The fourth-order valence-corrected chi connectivity index (χ4v) is 4.93. The molecule has 1 aromatic heterocycles. The van der Waals surface area contributed by atoms with Crippen LogP contribution < -0.4 is 14.8 Å². The van der Waals surface area contributed by atoms with Crippen LogP contribution in [0.3, 0.4) is 0 Å². The summed E-state index contributed by atoms with van der Waals surface area (Å²) in [4.78, 5) is 19.3. The van der Waals surface area contributed by atoms with Crippen LogP contribution in [0.15, 0.2) is 97.1 Å². The van der Waals surface area contributed by atoms with Gasteiger partial charge in [-0.05, 0) is 68.5 Å². The Hall–Kier alpha value is -4.52. The van der Waals surface area contributed by atoms with Crippen LogP contribution in [-0.2, 0) is 18.0 Å². The Morgan fingerprint density at radius 2 is 1.57 bits per heavy atom. The van der Waals surface area contributed by atoms with E-state index in [1.54, 1.807) is 0 Å². The van der Waals surface area contributed by atoms with Crippen molar-refractivity contribution in [1.29, 1.82) is 0 Å². The van der Waals surface area contributed by atoms with Crippen LogP contribution in [0, 0.1) is 0 Å². The number of pyridine rings is 1. The van der Waals surface area contributed by atoms with Crippen molar-refractivity contribution in [3.8, 4) is 22.9 Å². The maximum absolute atomic E-state index is 12.7. The summed E-state index contributed by atoms with van der Waals surface area (Å²) in [7, 11) is 0. The van der Waals surface area contributed by atoms with E-state index in [2.05, 4.69) is 11.4 Å². The predicted octanol–water partition coefficient (Wildman–Crippen LogP) is 7.72. The van der Waals surface area contributed by atoms with Crippen LogP contribution >= 0.6 is 0 Å². The molecule has 0 unspecified atom stereocenters. The number of ether oxygens (including phenoxy) is 3. The molecule has 3 aromatic carbocycles. The second-order valence-electron chi connectivity index (χ2n) is 11.5. The van der Waals surface area contributed by atoms with Crippen molar-refractivity contribution in [2.75, 3.05) is 18.4 Å². The van der Waals surface area contributed by atoms with Crippen molar-refractivity contribution in [2.45, 2.75) is 58.5 Å². The molecule has 1 atom stereocenters. The Kier molecular flexibility index (Phi) is 9.27. The second kappa shape index (κ2) is 13.4. The summed E-state index contributed by atoms with van der Waals surface area (Å²) in [6.45, 7) is 7.87. The van der Waals surface area contributed by atoms with Gasteiger partial charge in [0.2, 0.25) is 11.8 Å². The molecule has 7 nitrogen and oxygen atoms in total. The van der Waals surface area contributed by atoms with Gasteiger partial charge in [-0.1, -0.05) is 72.8 Å². The third-order valence-electron chi connectivity index (χ3n) is 7.00. The highest BCUT2D eigenvalue weighted by molar-refractivity contribution is 5.73. The number of rotatable bonds is 10. The number of nitrogens with one attached hydrogen (secondary N) is 1. The smallest absolute Gasteiger partial charge is 0.410 e. The van der Waals surface area contributed by atoms with E-state index in [1.807, 2.05) is 117 Å². The number of nitrogens with zero attached hydrogens (tertiary/aromatic N) is 2. The average molecular weight is 566 g/mol. The molecule has 1 amide bonds. The number of hydrogen-bond donors (Lipinski definition) is 1. The Morgan fingerprint density at radius 1 is 0.881 bits per heavy atom. The highest BCUT2D eigenvalue weighted by atomic mass is 16.6. The molecule has 0 spiro atoms. The lowest BCUT2D eigenvalue weighted by Gasteiger charge is -2.29. The Labute approximate surface area is 248 Å². The van der Waals surface area contributed by atoms with Gasteiger partial charge in [0.1, 0.15) is 18.8 Å². The number of carbonyl (C=O) groups is 1. The molecule has 0 radical (unpaired) electrons. The Balaban J connectivity index is 1.31. The molecular weight excluding hydrogens is 526 g/mol. The second-order valence-corrected chi connectivity index (χ2v) is 11.5. The molecule has 1 N–H and O–H groups in total. The summed E-state index contributed by atoms with van der Waals surface area (Å²) in [5.41, 5.74) is 4.42. The summed E-state index contributed by atoms with van der Waals surface area (Å²) in [6.07, 6.45) is 1.66. The lowest BCUT2D eigenvalue weighted by atomic mass is 10.1. The van der Waals surface area contributed by atoms with E-state index in [0.717, 1.165) is 40.8 Å². The zero-order valence-electron chi connectivity index (χ0n) is 24.6. The lowest BCUT2D eigenvalue weighted by molar-refractivity contribution is 0.0235. The minimum atomic E-state index is -0.511. The number of hydrogen-bond acceptors (Lipinski definition) is 6. The first-order valence-corrected chi connectivity index (χ1v) is 14.5. The first kappa shape index (κ1) is 29.0. The molecule has 0 bridgehead atoms. The molecule has 4 aromatic rings. The topological polar surface area (TPSA) is 72.9 Å². The molecular formula is C35H39N3O4. The number of anilines is 1. The van der Waals surface area contributed by atoms with Gasteiger partial charge in [0.05, 0.1) is 6.04 Å². The lowest BCUT2D eigenvalue weighted by Crippen LogP contribution is -2.42. The Bertz CT molecular complexity index is 1450. The SMILES string of the molecule is CC(C)(C)OC(=O)N1CCC[C@H]1CNc1cccc(-c2ccc(OCc3ccccc3)nc2OCc2ccccc2)c1. The van der Waals surface area contributed by atoms with Gasteiger partial charge in [-0.15, -0.1) is 0 Å². The number of amides is 1. The minimum absolute atomic E-state index is 0.0796. The van der Waals surface area contributed by atoms with Gasteiger partial charge in [-0.3, -0.25) is 0 Å². The fourth-order valence-electron chi connectivity index (χ4n) is 4.93.